The highest BCUT2D eigenvalue weighted by molar-refractivity contribution is 9.10. The van der Waals surface area contributed by atoms with E-state index in [0.717, 1.165) is 0 Å². The predicted octanol–water partition coefficient (Wildman–Crippen LogP) is 7.08. The van der Waals surface area contributed by atoms with Crippen molar-refractivity contribution >= 4 is 43.2 Å². The van der Waals surface area contributed by atoms with Crippen LogP contribution in [0.2, 0.25) is 0 Å². The number of benzene rings is 1. The van der Waals surface area contributed by atoms with Crippen molar-refractivity contribution in [1.29, 1.82) is 0 Å². The van der Waals surface area contributed by atoms with Gasteiger partial charge in [-0.25, -0.2) is 0 Å². The van der Waals surface area contributed by atoms with Gasteiger partial charge in [-0.05, 0) is 40.4 Å². The first kappa shape index (κ1) is 16.3. The highest BCUT2D eigenvalue weighted by atomic mass is 79.9. The van der Waals surface area contributed by atoms with E-state index < -0.39 is 0 Å². The Morgan fingerprint density at radius 2 is 1.85 bits per heavy atom. The van der Waals surface area contributed by atoms with Gasteiger partial charge in [-0.3, -0.25) is 0 Å². The van der Waals surface area contributed by atoms with Crippen LogP contribution in [0, 0.1) is 12.8 Å². The van der Waals surface area contributed by atoms with Crippen LogP contribution in [-0.2, 0) is 0 Å². The Morgan fingerprint density at radius 1 is 1.20 bits per heavy atom. The minimum atomic E-state index is 0.370. The van der Waals surface area contributed by atoms with Crippen molar-refractivity contribution in [3.63, 3.8) is 0 Å². The van der Waals surface area contributed by atoms with Crippen LogP contribution in [0.4, 0.5) is 0 Å². The molecule has 3 heteroatoms. The van der Waals surface area contributed by atoms with Gasteiger partial charge in [-0.2, -0.15) is 0 Å². The zero-order valence-corrected chi connectivity index (χ0v) is 16.1. The molecule has 0 nitrogen and oxygen atoms in total. The summed E-state index contributed by atoms with van der Waals surface area (Å²) in [5, 5.41) is 0. The lowest BCUT2D eigenvalue weighted by Crippen LogP contribution is -2.14. The molecule has 1 aromatic heterocycles. The SMILES string of the molecule is CCC(C)C(c1ccccc1)C(Br)c1cc(Br)c(C)s1. The van der Waals surface area contributed by atoms with E-state index in [0.29, 0.717) is 16.7 Å². The Bertz CT molecular complexity index is 528. The van der Waals surface area contributed by atoms with Crippen molar-refractivity contribution in [3.05, 3.63) is 56.2 Å². The summed E-state index contributed by atoms with van der Waals surface area (Å²) in [5.74, 6) is 1.15. The zero-order valence-electron chi connectivity index (χ0n) is 12.1. The second-order valence-corrected chi connectivity index (χ2v) is 8.41. The number of thiophene rings is 1. The van der Waals surface area contributed by atoms with Gasteiger partial charge in [-0.1, -0.05) is 66.5 Å². The molecule has 0 radical (unpaired) electrons. The van der Waals surface area contributed by atoms with Crippen LogP contribution >= 0.6 is 43.2 Å². The van der Waals surface area contributed by atoms with Crippen LogP contribution in [-0.4, -0.2) is 0 Å². The molecule has 0 spiro atoms. The maximum absolute atomic E-state index is 3.97. The molecule has 0 N–H and O–H groups in total. The molecule has 2 aromatic rings. The summed E-state index contributed by atoms with van der Waals surface area (Å²) in [5.41, 5.74) is 1.42. The molecule has 1 heterocycles. The van der Waals surface area contributed by atoms with E-state index in [1.165, 1.54) is 26.2 Å². The second-order valence-electron chi connectivity index (χ2n) is 5.28. The molecule has 3 unspecified atom stereocenters. The largest absolute Gasteiger partial charge is 0.143 e. The third-order valence-corrected chi connectivity index (χ3v) is 7.49. The van der Waals surface area contributed by atoms with Crippen molar-refractivity contribution in [2.75, 3.05) is 0 Å². The minimum absolute atomic E-state index is 0.370. The number of rotatable bonds is 5. The average molecular weight is 416 g/mol. The number of hydrogen-bond donors (Lipinski definition) is 0. The lowest BCUT2D eigenvalue weighted by atomic mass is 9.83. The Kier molecular flexibility index (Phi) is 5.88. The van der Waals surface area contributed by atoms with Crippen LogP contribution in [0.15, 0.2) is 40.9 Å². The summed E-state index contributed by atoms with van der Waals surface area (Å²) in [6.45, 7) is 6.79. The second kappa shape index (κ2) is 7.24. The number of hydrogen-bond acceptors (Lipinski definition) is 1. The van der Waals surface area contributed by atoms with Gasteiger partial charge in [0.15, 0.2) is 0 Å². The average Bonchev–Trinajstić information content (AvgIpc) is 2.80. The first-order valence-corrected chi connectivity index (χ1v) is 9.52. The van der Waals surface area contributed by atoms with Crippen molar-refractivity contribution < 1.29 is 0 Å². The highest BCUT2D eigenvalue weighted by Crippen LogP contribution is 2.47. The van der Waals surface area contributed by atoms with Crippen LogP contribution in [0.5, 0.6) is 0 Å². The molecule has 0 aliphatic heterocycles. The van der Waals surface area contributed by atoms with E-state index in [4.69, 9.17) is 0 Å². The van der Waals surface area contributed by atoms with E-state index >= 15 is 0 Å². The van der Waals surface area contributed by atoms with Crippen LogP contribution in [0.25, 0.3) is 0 Å². The molecule has 0 fully saturated rings. The molecule has 0 saturated carbocycles. The van der Waals surface area contributed by atoms with Crippen LogP contribution in [0.3, 0.4) is 0 Å². The highest BCUT2D eigenvalue weighted by Gasteiger charge is 2.28. The monoisotopic (exact) mass is 414 g/mol. The van der Waals surface area contributed by atoms with Gasteiger partial charge in [0.2, 0.25) is 0 Å². The summed E-state index contributed by atoms with van der Waals surface area (Å²) in [7, 11) is 0. The van der Waals surface area contributed by atoms with Gasteiger partial charge in [-0.15, -0.1) is 11.3 Å². The molecule has 1 aromatic carbocycles. The summed E-state index contributed by atoms with van der Waals surface area (Å²) in [6.07, 6.45) is 1.19. The molecular formula is C17H20Br2S. The van der Waals surface area contributed by atoms with Gasteiger partial charge in [0.25, 0.3) is 0 Å². The summed E-state index contributed by atoms with van der Waals surface area (Å²) in [4.78, 5) is 3.12. The predicted molar refractivity (Wildman–Crippen MR) is 97.1 cm³/mol. The molecule has 20 heavy (non-hydrogen) atoms. The van der Waals surface area contributed by atoms with Gasteiger partial charge in [0.1, 0.15) is 0 Å². The molecule has 0 amide bonds. The first-order chi connectivity index (χ1) is 9.54. The molecule has 0 aliphatic carbocycles. The van der Waals surface area contributed by atoms with Gasteiger partial charge >= 0.3 is 0 Å². The number of halogens is 2. The fourth-order valence-corrected chi connectivity index (χ4v) is 5.34. The van der Waals surface area contributed by atoms with Crippen molar-refractivity contribution in [2.24, 2.45) is 5.92 Å². The smallest absolute Gasteiger partial charge is 0.0560 e. The normalized spacial score (nSPS) is 15.8. The van der Waals surface area contributed by atoms with E-state index in [1.807, 2.05) is 11.3 Å². The van der Waals surface area contributed by atoms with E-state index in [1.54, 1.807) is 0 Å². The Labute approximate surface area is 142 Å². The van der Waals surface area contributed by atoms with E-state index in [2.05, 4.69) is 89.0 Å². The third kappa shape index (κ3) is 3.55. The third-order valence-electron chi connectivity index (χ3n) is 3.90. The molecule has 3 atom stereocenters. The topological polar surface area (TPSA) is 0 Å². The molecular weight excluding hydrogens is 396 g/mol. The Balaban J connectivity index is 2.36. The number of aryl methyl sites for hydroxylation is 1. The maximum atomic E-state index is 3.97. The standard InChI is InChI=1S/C17H20Br2S/c1-4-11(2)16(13-8-6-5-7-9-13)17(19)15-10-14(18)12(3)20-15/h5-11,16-17H,4H2,1-3H3. The lowest BCUT2D eigenvalue weighted by Gasteiger charge is -2.28. The minimum Gasteiger partial charge on any atom is -0.143 e. The Hall–Kier alpha value is -0.120. The molecule has 0 bridgehead atoms. The Morgan fingerprint density at radius 3 is 2.35 bits per heavy atom. The lowest BCUT2D eigenvalue weighted by molar-refractivity contribution is 0.442. The van der Waals surface area contributed by atoms with Crippen molar-refractivity contribution in [2.45, 2.75) is 37.9 Å². The number of alkyl halides is 1. The molecule has 108 valence electrons. The van der Waals surface area contributed by atoms with Gasteiger partial charge in [0, 0.05) is 20.1 Å². The van der Waals surface area contributed by atoms with Crippen molar-refractivity contribution in [3.8, 4) is 0 Å². The molecule has 0 aliphatic rings. The first-order valence-electron chi connectivity index (χ1n) is 6.99. The molecule has 2 rings (SSSR count). The van der Waals surface area contributed by atoms with Crippen molar-refractivity contribution in [1.82, 2.24) is 0 Å². The van der Waals surface area contributed by atoms with E-state index in [9.17, 15) is 0 Å². The van der Waals surface area contributed by atoms with Gasteiger partial charge < -0.3 is 0 Å². The summed E-state index contributed by atoms with van der Waals surface area (Å²) in [6, 6.07) is 13.1. The van der Waals surface area contributed by atoms with E-state index in [-0.39, 0.29) is 0 Å². The quantitative estimate of drug-likeness (QED) is 0.457. The summed E-state index contributed by atoms with van der Waals surface area (Å²) < 4.78 is 1.22. The zero-order chi connectivity index (χ0) is 14.7. The van der Waals surface area contributed by atoms with Crippen LogP contribution in [0.1, 0.15) is 46.3 Å². The molecule has 0 saturated heterocycles. The summed E-state index contributed by atoms with van der Waals surface area (Å²) >= 11 is 9.48. The fraction of sp³-hybridized carbons (Fsp3) is 0.412. The fourth-order valence-electron chi connectivity index (χ4n) is 2.51. The van der Waals surface area contributed by atoms with Crippen LogP contribution < -0.4 is 0 Å². The maximum Gasteiger partial charge on any atom is 0.0560 e. The van der Waals surface area contributed by atoms with Gasteiger partial charge in [0.05, 0.1) is 4.83 Å².